The van der Waals surface area contributed by atoms with Crippen LogP contribution in [0.5, 0.6) is 11.5 Å². The highest BCUT2D eigenvalue weighted by Gasteiger charge is 2.24. The minimum atomic E-state index is 0.546. The van der Waals surface area contributed by atoms with Crippen molar-refractivity contribution in [3.63, 3.8) is 0 Å². The molecule has 6 nitrogen and oxygen atoms in total. The number of benzene rings is 2. The van der Waals surface area contributed by atoms with Crippen LogP contribution in [-0.4, -0.2) is 60.5 Å². The Bertz CT molecular complexity index is 1110. The smallest absolute Gasteiger partial charge is 0.226 e. The van der Waals surface area contributed by atoms with Crippen molar-refractivity contribution >= 4 is 28.6 Å². The molecule has 0 unspecified atom stereocenters. The minimum Gasteiger partial charge on any atom is -0.493 e. The predicted octanol–water partition coefficient (Wildman–Crippen LogP) is 5.78. The lowest BCUT2D eigenvalue weighted by Crippen LogP contribution is -2.34. The van der Waals surface area contributed by atoms with Gasteiger partial charge in [0, 0.05) is 36.3 Å². The van der Waals surface area contributed by atoms with E-state index in [2.05, 4.69) is 40.1 Å². The molecular weight excluding hydrogens is 456 g/mol. The normalized spacial score (nSPS) is 17.9. The second-order valence-corrected chi connectivity index (χ2v) is 10.8. The highest BCUT2D eigenvalue weighted by molar-refractivity contribution is 8.00. The van der Waals surface area contributed by atoms with E-state index in [1.807, 2.05) is 23.9 Å². The summed E-state index contributed by atoms with van der Waals surface area (Å²) in [6.45, 7) is 5.32. The zero-order valence-corrected chi connectivity index (χ0v) is 21.7. The first kappa shape index (κ1) is 24.2. The van der Waals surface area contributed by atoms with Crippen LogP contribution in [0.15, 0.2) is 47.5 Å². The first-order chi connectivity index (χ1) is 17.2. The number of ether oxygens (including phenoxy) is 2. The molecule has 0 bridgehead atoms. The number of nitrogens with zero attached hydrogens (tertiary/aromatic N) is 4. The van der Waals surface area contributed by atoms with Gasteiger partial charge < -0.3 is 14.4 Å². The molecule has 2 saturated heterocycles. The van der Waals surface area contributed by atoms with E-state index < -0.39 is 0 Å². The Kier molecular flexibility index (Phi) is 7.94. The van der Waals surface area contributed by atoms with Gasteiger partial charge >= 0.3 is 0 Å². The van der Waals surface area contributed by atoms with Crippen molar-refractivity contribution < 1.29 is 9.47 Å². The summed E-state index contributed by atoms with van der Waals surface area (Å²) in [6.07, 6.45) is 7.31. The standard InChI is InChI=1S/C28H36N4O2S/c1-33-25-18-23-24(19-26(25)34-2)29-28(32-14-8-3-4-9-15-32)30-27(23)35-22-12-16-31(17-13-22)20-21-10-6-5-7-11-21/h5-7,10-11,18-19,22H,3-4,8-9,12-17,20H2,1-2H3. The molecule has 1 aromatic heterocycles. The van der Waals surface area contributed by atoms with Gasteiger partial charge in [0.2, 0.25) is 5.95 Å². The Labute approximate surface area is 213 Å². The summed E-state index contributed by atoms with van der Waals surface area (Å²) in [5.41, 5.74) is 2.32. The maximum Gasteiger partial charge on any atom is 0.226 e. The SMILES string of the molecule is COc1cc2nc(N3CCCCCC3)nc(SC3CCN(Cc4ccccc4)CC3)c2cc1OC. The number of likely N-dealkylation sites (tertiary alicyclic amines) is 1. The number of anilines is 1. The van der Waals surface area contributed by atoms with Crippen LogP contribution in [0, 0.1) is 0 Å². The van der Waals surface area contributed by atoms with E-state index in [1.54, 1.807) is 14.2 Å². The van der Waals surface area contributed by atoms with Crippen LogP contribution in [0.3, 0.4) is 0 Å². The van der Waals surface area contributed by atoms with E-state index in [-0.39, 0.29) is 0 Å². The molecule has 3 aromatic rings. The molecule has 0 atom stereocenters. The zero-order valence-electron chi connectivity index (χ0n) is 20.9. The summed E-state index contributed by atoms with van der Waals surface area (Å²) < 4.78 is 11.2. The van der Waals surface area contributed by atoms with Crippen molar-refractivity contribution in [1.29, 1.82) is 0 Å². The molecule has 0 radical (unpaired) electrons. The zero-order chi connectivity index (χ0) is 24.0. The molecule has 2 aliphatic rings. The van der Waals surface area contributed by atoms with Crippen molar-refractivity contribution in [2.24, 2.45) is 0 Å². The molecule has 7 heteroatoms. The van der Waals surface area contributed by atoms with Gasteiger partial charge in [-0.2, -0.15) is 0 Å². The number of thioether (sulfide) groups is 1. The van der Waals surface area contributed by atoms with Crippen molar-refractivity contribution in [2.45, 2.75) is 55.3 Å². The van der Waals surface area contributed by atoms with Gasteiger partial charge in [-0.1, -0.05) is 43.2 Å². The summed E-state index contributed by atoms with van der Waals surface area (Å²) >= 11 is 1.92. The van der Waals surface area contributed by atoms with Crippen molar-refractivity contribution in [3.8, 4) is 11.5 Å². The van der Waals surface area contributed by atoms with Crippen LogP contribution in [0.4, 0.5) is 5.95 Å². The van der Waals surface area contributed by atoms with Crippen molar-refractivity contribution in [2.75, 3.05) is 45.3 Å². The molecule has 0 saturated carbocycles. The lowest BCUT2D eigenvalue weighted by Gasteiger charge is -2.31. The van der Waals surface area contributed by atoms with Gasteiger partial charge in [0.25, 0.3) is 0 Å². The van der Waals surface area contributed by atoms with Gasteiger partial charge in [0.05, 0.1) is 19.7 Å². The van der Waals surface area contributed by atoms with E-state index in [0.717, 1.165) is 73.2 Å². The second kappa shape index (κ2) is 11.5. The molecule has 3 heterocycles. The highest BCUT2D eigenvalue weighted by atomic mass is 32.2. The predicted molar refractivity (Wildman–Crippen MR) is 144 cm³/mol. The molecule has 35 heavy (non-hydrogen) atoms. The van der Waals surface area contributed by atoms with Gasteiger partial charge in [-0.3, -0.25) is 4.90 Å². The third kappa shape index (κ3) is 5.84. The summed E-state index contributed by atoms with van der Waals surface area (Å²) in [6, 6.07) is 14.8. The largest absolute Gasteiger partial charge is 0.493 e. The fraction of sp³-hybridized carbons (Fsp3) is 0.500. The average molecular weight is 493 g/mol. The van der Waals surface area contributed by atoms with Crippen LogP contribution in [0.2, 0.25) is 0 Å². The van der Waals surface area contributed by atoms with Gasteiger partial charge in [-0.15, -0.1) is 11.8 Å². The van der Waals surface area contributed by atoms with Crippen LogP contribution in [0.25, 0.3) is 10.9 Å². The van der Waals surface area contributed by atoms with Gasteiger partial charge in [-0.05, 0) is 50.4 Å². The number of fused-ring (bicyclic) bond motifs is 1. The van der Waals surface area contributed by atoms with Gasteiger partial charge in [-0.25, -0.2) is 9.97 Å². The quantitative estimate of drug-likeness (QED) is 0.387. The number of aromatic nitrogens is 2. The van der Waals surface area contributed by atoms with Crippen molar-refractivity contribution in [3.05, 3.63) is 48.0 Å². The summed E-state index contributed by atoms with van der Waals surface area (Å²) in [5.74, 6) is 2.30. The molecule has 0 N–H and O–H groups in total. The van der Waals surface area contributed by atoms with Crippen molar-refractivity contribution in [1.82, 2.24) is 14.9 Å². The first-order valence-corrected chi connectivity index (χ1v) is 13.7. The van der Waals surface area contributed by atoms with E-state index in [9.17, 15) is 0 Å². The van der Waals surface area contributed by atoms with Gasteiger partial charge in [0.1, 0.15) is 5.03 Å². The minimum absolute atomic E-state index is 0.546. The second-order valence-electron chi connectivity index (χ2n) is 9.53. The Morgan fingerprint density at radius 2 is 1.54 bits per heavy atom. The van der Waals surface area contributed by atoms with E-state index in [1.165, 1.54) is 31.2 Å². The molecule has 2 aliphatic heterocycles. The Morgan fingerprint density at radius 1 is 0.857 bits per heavy atom. The Morgan fingerprint density at radius 3 is 2.23 bits per heavy atom. The summed E-state index contributed by atoms with van der Waals surface area (Å²) in [4.78, 5) is 15.1. The molecule has 0 amide bonds. The van der Waals surface area contributed by atoms with E-state index in [0.29, 0.717) is 11.0 Å². The third-order valence-electron chi connectivity index (χ3n) is 7.11. The average Bonchev–Trinajstić information content (AvgIpc) is 3.19. The molecule has 0 spiro atoms. The first-order valence-electron chi connectivity index (χ1n) is 12.8. The third-order valence-corrected chi connectivity index (χ3v) is 8.44. The Balaban J connectivity index is 1.38. The monoisotopic (exact) mass is 492 g/mol. The molecule has 2 aromatic carbocycles. The van der Waals surface area contributed by atoms with Crippen LogP contribution in [-0.2, 0) is 6.54 Å². The number of piperidine rings is 1. The molecule has 186 valence electrons. The molecule has 0 aliphatic carbocycles. The number of methoxy groups -OCH3 is 2. The topological polar surface area (TPSA) is 50.7 Å². The van der Waals surface area contributed by atoms with Crippen LogP contribution in [0.1, 0.15) is 44.1 Å². The van der Waals surface area contributed by atoms with E-state index >= 15 is 0 Å². The summed E-state index contributed by atoms with van der Waals surface area (Å²) in [7, 11) is 3.37. The van der Waals surface area contributed by atoms with Crippen LogP contribution >= 0.6 is 11.8 Å². The van der Waals surface area contributed by atoms with Crippen LogP contribution < -0.4 is 14.4 Å². The highest BCUT2D eigenvalue weighted by Crippen LogP contribution is 2.39. The number of rotatable bonds is 7. The maximum atomic E-state index is 5.62. The number of hydrogen-bond acceptors (Lipinski definition) is 7. The lowest BCUT2D eigenvalue weighted by atomic mass is 10.1. The fourth-order valence-electron chi connectivity index (χ4n) is 5.10. The number of hydrogen-bond donors (Lipinski definition) is 0. The summed E-state index contributed by atoms with van der Waals surface area (Å²) in [5, 5.41) is 2.67. The maximum absolute atomic E-state index is 5.62. The lowest BCUT2D eigenvalue weighted by molar-refractivity contribution is 0.225. The Hall–Kier alpha value is -2.51. The molecular formula is C28H36N4O2S. The fourth-order valence-corrected chi connectivity index (χ4v) is 6.29. The molecule has 2 fully saturated rings. The molecule has 5 rings (SSSR count). The van der Waals surface area contributed by atoms with Gasteiger partial charge in [0.15, 0.2) is 11.5 Å². The van der Waals surface area contributed by atoms with E-state index in [4.69, 9.17) is 19.4 Å².